The largest absolute Gasteiger partial charge is 0.348 e. The number of fused-ring (bicyclic) bond motifs is 1. The lowest BCUT2D eigenvalue weighted by Crippen LogP contribution is -2.45. The van der Waals surface area contributed by atoms with E-state index in [1.54, 1.807) is 0 Å². The number of carbonyl (C=O) groups excluding carboxylic acids is 1. The van der Waals surface area contributed by atoms with Gasteiger partial charge in [0.2, 0.25) is 0 Å². The molecule has 6 nitrogen and oxygen atoms in total. The molecule has 122 valence electrons. The number of aromatic amines is 1. The first kappa shape index (κ1) is 18.7. The standard InChI is InChI=1S/C14H19N5O.2ClH/c1-8-6-11(12-9(2)18-19-13(12)16-8)14(20)17-10-4-3-5-15-7-10;;/h6,10,15H,3-5,7H2,1-2H3,(H,17,20)(H,16,18,19);2*1H/t10-;;/m0../s1. The van der Waals surface area contributed by atoms with Crippen LogP contribution in [0.15, 0.2) is 6.07 Å². The Morgan fingerprint density at radius 1 is 1.36 bits per heavy atom. The van der Waals surface area contributed by atoms with Crippen molar-refractivity contribution in [3.63, 3.8) is 0 Å². The van der Waals surface area contributed by atoms with Crippen LogP contribution in [0, 0.1) is 13.8 Å². The Morgan fingerprint density at radius 3 is 2.82 bits per heavy atom. The van der Waals surface area contributed by atoms with Crippen molar-refractivity contribution in [3.8, 4) is 0 Å². The fourth-order valence-electron chi connectivity index (χ4n) is 2.72. The van der Waals surface area contributed by atoms with Crippen molar-refractivity contribution < 1.29 is 4.79 Å². The smallest absolute Gasteiger partial charge is 0.252 e. The van der Waals surface area contributed by atoms with E-state index in [1.807, 2.05) is 19.9 Å². The van der Waals surface area contributed by atoms with Crippen molar-refractivity contribution in [3.05, 3.63) is 23.0 Å². The Bertz CT molecular complexity index is 652. The van der Waals surface area contributed by atoms with Gasteiger partial charge >= 0.3 is 0 Å². The third kappa shape index (κ3) is 3.69. The number of hydrogen-bond acceptors (Lipinski definition) is 4. The number of piperidine rings is 1. The van der Waals surface area contributed by atoms with Gasteiger partial charge in [0.25, 0.3) is 5.91 Å². The van der Waals surface area contributed by atoms with E-state index >= 15 is 0 Å². The minimum absolute atomic E-state index is 0. The second kappa shape index (κ2) is 7.76. The highest BCUT2D eigenvalue weighted by Gasteiger charge is 2.20. The zero-order chi connectivity index (χ0) is 14.1. The summed E-state index contributed by atoms with van der Waals surface area (Å²) in [5.41, 5.74) is 2.94. The van der Waals surface area contributed by atoms with Crippen molar-refractivity contribution in [2.24, 2.45) is 0 Å². The monoisotopic (exact) mass is 345 g/mol. The van der Waals surface area contributed by atoms with Crippen molar-refractivity contribution in [1.29, 1.82) is 0 Å². The van der Waals surface area contributed by atoms with Gasteiger partial charge in [-0.25, -0.2) is 4.98 Å². The van der Waals surface area contributed by atoms with Crippen LogP contribution in [0.3, 0.4) is 0 Å². The average Bonchev–Trinajstić information content (AvgIpc) is 2.80. The van der Waals surface area contributed by atoms with Gasteiger partial charge in [-0.1, -0.05) is 0 Å². The van der Waals surface area contributed by atoms with Gasteiger partial charge in [0, 0.05) is 24.0 Å². The van der Waals surface area contributed by atoms with Gasteiger partial charge < -0.3 is 10.6 Å². The van der Waals surface area contributed by atoms with Crippen molar-refractivity contribution >= 4 is 41.8 Å². The number of aryl methyl sites for hydroxylation is 2. The van der Waals surface area contributed by atoms with Crippen molar-refractivity contribution in [1.82, 2.24) is 25.8 Å². The third-order valence-corrected chi connectivity index (χ3v) is 3.71. The second-order valence-electron chi connectivity index (χ2n) is 5.38. The van der Waals surface area contributed by atoms with Gasteiger partial charge in [0.05, 0.1) is 10.9 Å². The molecule has 0 radical (unpaired) electrons. The zero-order valence-corrected chi connectivity index (χ0v) is 14.2. The molecule has 1 aliphatic rings. The highest BCUT2D eigenvalue weighted by atomic mass is 35.5. The van der Waals surface area contributed by atoms with E-state index < -0.39 is 0 Å². The molecule has 3 rings (SSSR count). The van der Waals surface area contributed by atoms with Crippen LogP contribution >= 0.6 is 24.8 Å². The Balaban J connectivity index is 0.00000121. The van der Waals surface area contributed by atoms with Crippen LogP contribution in [0.4, 0.5) is 0 Å². The summed E-state index contributed by atoms with van der Waals surface area (Å²) in [4.78, 5) is 16.9. The molecule has 1 amide bonds. The number of rotatable bonds is 2. The SMILES string of the molecule is Cc1cc(C(=O)N[C@H]2CCCNC2)c2c(C)[nH]nc2n1.Cl.Cl. The number of nitrogens with one attached hydrogen (secondary N) is 3. The molecule has 1 aliphatic heterocycles. The number of carbonyl (C=O) groups is 1. The van der Waals surface area contributed by atoms with E-state index in [9.17, 15) is 4.79 Å². The van der Waals surface area contributed by atoms with E-state index in [1.165, 1.54) is 0 Å². The summed E-state index contributed by atoms with van der Waals surface area (Å²) in [6.07, 6.45) is 2.12. The topological polar surface area (TPSA) is 82.7 Å². The highest BCUT2D eigenvalue weighted by molar-refractivity contribution is 6.06. The van der Waals surface area contributed by atoms with Gasteiger partial charge in [0.1, 0.15) is 0 Å². The van der Waals surface area contributed by atoms with E-state index in [4.69, 9.17) is 0 Å². The molecular weight excluding hydrogens is 325 g/mol. The minimum Gasteiger partial charge on any atom is -0.348 e. The quantitative estimate of drug-likeness (QED) is 0.776. The molecular formula is C14H21Cl2N5O. The summed E-state index contributed by atoms with van der Waals surface area (Å²) in [5.74, 6) is -0.0429. The molecule has 1 saturated heterocycles. The van der Waals surface area contributed by atoms with Crippen LogP contribution in [0.2, 0.25) is 0 Å². The molecule has 3 heterocycles. The molecule has 22 heavy (non-hydrogen) atoms. The number of hydrogen-bond donors (Lipinski definition) is 3. The first-order valence-electron chi connectivity index (χ1n) is 6.99. The summed E-state index contributed by atoms with van der Waals surface area (Å²) in [5, 5.41) is 14.3. The average molecular weight is 346 g/mol. The Labute approximate surface area is 141 Å². The second-order valence-corrected chi connectivity index (χ2v) is 5.38. The van der Waals surface area contributed by atoms with Crippen LogP contribution in [0.5, 0.6) is 0 Å². The lowest BCUT2D eigenvalue weighted by atomic mass is 10.1. The van der Waals surface area contributed by atoms with Gasteiger partial charge in [-0.3, -0.25) is 9.89 Å². The number of nitrogens with zero attached hydrogens (tertiary/aromatic N) is 2. The van der Waals surface area contributed by atoms with Crippen LogP contribution < -0.4 is 10.6 Å². The van der Waals surface area contributed by atoms with Crippen molar-refractivity contribution in [2.45, 2.75) is 32.7 Å². The normalized spacial score (nSPS) is 17.5. The van der Waals surface area contributed by atoms with Crippen LogP contribution in [-0.2, 0) is 0 Å². The molecule has 2 aromatic rings. The Kier molecular flexibility index (Phi) is 6.59. The number of H-pyrrole nitrogens is 1. The molecule has 0 aliphatic carbocycles. The fraction of sp³-hybridized carbons (Fsp3) is 0.500. The molecule has 1 fully saturated rings. The summed E-state index contributed by atoms with van der Waals surface area (Å²) in [6, 6.07) is 2.03. The molecule has 1 atom stereocenters. The molecule has 0 bridgehead atoms. The van der Waals surface area contributed by atoms with E-state index in [-0.39, 0.29) is 36.8 Å². The van der Waals surface area contributed by atoms with Crippen LogP contribution in [-0.4, -0.2) is 40.2 Å². The molecule has 0 saturated carbocycles. The molecule has 0 spiro atoms. The van der Waals surface area contributed by atoms with Crippen molar-refractivity contribution in [2.75, 3.05) is 13.1 Å². The van der Waals surface area contributed by atoms with Gasteiger partial charge in [-0.15, -0.1) is 24.8 Å². The number of amides is 1. The lowest BCUT2D eigenvalue weighted by Gasteiger charge is -2.24. The maximum Gasteiger partial charge on any atom is 0.252 e. The summed E-state index contributed by atoms with van der Waals surface area (Å²) in [7, 11) is 0. The lowest BCUT2D eigenvalue weighted by molar-refractivity contribution is 0.0932. The number of pyridine rings is 1. The first-order valence-corrected chi connectivity index (χ1v) is 6.99. The molecule has 0 unspecified atom stereocenters. The van der Waals surface area contributed by atoms with Gasteiger partial charge in [0.15, 0.2) is 5.65 Å². The predicted molar refractivity (Wildman–Crippen MR) is 91.2 cm³/mol. The summed E-state index contributed by atoms with van der Waals surface area (Å²) < 4.78 is 0. The molecule has 8 heteroatoms. The number of aromatic nitrogens is 3. The minimum atomic E-state index is -0.0429. The van der Waals surface area contributed by atoms with Crippen LogP contribution in [0.1, 0.15) is 34.6 Å². The van der Waals surface area contributed by atoms with Crippen LogP contribution in [0.25, 0.3) is 11.0 Å². The summed E-state index contributed by atoms with van der Waals surface area (Å²) >= 11 is 0. The maximum atomic E-state index is 12.5. The van der Waals surface area contributed by atoms with Gasteiger partial charge in [-0.05, 0) is 39.3 Å². The Morgan fingerprint density at radius 2 is 2.14 bits per heavy atom. The highest BCUT2D eigenvalue weighted by Crippen LogP contribution is 2.20. The Hall–Kier alpha value is -1.37. The van der Waals surface area contributed by atoms with E-state index in [0.29, 0.717) is 11.2 Å². The number of halogens is 2. The fourth-order valence-corrected chi connectivity index (χ4v) is 2.72. The zero-order valence-electron chi connectivity index (χ0n) is 12.6. The molecule has 0 aromatic carbocycles. The van der Waals surface area contributed by atoms with Gasteiger partial charge in [-0.2, -0.15) is 5.10 Å². The predicted octanol–water partition coefficient (Wildman–Crippen LogP) is 1.90. The molecule has 2 aromatic heterocycles. The summed E-state index contributed by atoms with van der Waals surface area (Å²) in [6.45, 7) is 5.66. The third-order valence-electron chi connectivity index (χ3n) is 3.71. The first-order chi connectivity index (χ1) is 9.65. The maximum absolute atomic E-state index is 12.5. The van der Waals surface area contributed by atoms with E-state index in [0.717, 1.165) is 42.7 Å². The molecule has 3 N–H and O–H groups in total. The van der Waals surface area contributed by atoms with E-state index in [2.05, 4.69) is 25.8 Å².